The lowest BCUT2D eigenvalue weighted by Crippen LogP contribution is -2.04. The Hall–Kier alpha value is -3.19. The summed E-state index contributed by atoms with van der Waals surface area (Å²) in [4.78, 5) is 5.54. The van der Waals surface area contributed by atoms with Gasteiger partial charge in [-0.15, -0.1) is 11.3 Å². The molecule has 0 amide bonds. The van der Waals surface area contributed by atoms with Crippen molar-refractivity contribution < 1.29 is 17.6 Å². The molecule has 0 fully saturated rings. The van der Waals surface area contributed by atoms with E-state index in [0.717, 1.165) is 33.8 Å². The third-order valence-electron chi connectivity index (χ3n) is 4.60. The summed E-state index contributed by atoms with van der Waals surface area (Å²) in [5.41, 5.74) is 2.78. The number of hydrogen-bond acceptors (Lipinski definition) is 3. The van der Waals surface area contributed by atoms with Gasteiger partial charge in [-0.2, -0.15) is 13.2 Å². The van der Waals surface area contributed by atoms with Crippen LogP contribution in [0.25, 0.3) is 22.4 Å². The number of nitrogens with one attached hydrogen (secondary N) is 1. The van der Waals surface area contributed by atoms with Crippen LogP contribution in [0.1, 0.15) is 10.4 Å². The average Bonchev–Trinajstić information content (AvgIpc) is 3.08. The molecule has 1 N–H and O–H groups in total. The fraction of sp³-hybridized carbons (Fsp3) is 0.0870. The highest BCUT2D eigenvalue weighted by Crippen LogP contribution is 2.34. The van der Waals surface area contributed by atoms with Crippen LogP contribution < -0.4 is 5.32 Å². The van der Waals surface area contributed by atoms with Gasteiger partial charge in [-0.25, -0.2) is 9.37 Å². The normalized spacial score (nSPS) is 11.5. The fourth-order valence-electron chi connectivity index (χ4n) is 3.09. The van der Waals surface area contributed by atoms with Crippen LogP contribution in [0.3, 0.4) is 0 Å². The van der Waals surface area contributed by atoms with Crippen LogP contribution in [0.15, 0.2) is 72.8 Å². The monoisotopic (exact) mass is 428 g/mol. The van der Waals surface area contributed by atoms with Crippen LogP contribution in [0.5, 0.6) is 0 Å². The highest BCUT2D eigenvalue weighted by molar-refractivity contribution is 7.16. The number of nitrogens with zero attached hydrogens (tertiary/aromatic N) is 1. The Kier molecular flexibility index (Phi) is 5.30. The van der Waals surface area contributed by atoms with Gasteiger partial charge in [0, 0.05) is 21.7 Å². The molecule has 0 spiro atoms. The molecule has 0 aliphatic heterocycles. The Morgan fingerprint density at radius 2 is 1.47 bits per heavy atom. The van der Waals surface area contributed by atoms with Crippen molar-refractivity contribution in [2.24, 2.45) is 0 Å². The first-order chi connectivity index (χ1) is 14.3. The molecule has 1 aromatic heterocycles. The van der Waals surface area contributed by atoms with E-state index < -0.39 is 11.7 Å². The second-order valence-electron chi connectivity index (χ2n) is 6.68. The minimum atomic E-state index is -4.36. The van der Waals surface area contributed by atoms with Crippen molar-refractivity contribution in [3.8, 4) is 22.4 Å². The Morgan fingerprint density at radius 3 is 2.10 bits per heavy atom. The molecule has 0 radical (unpaired) electrons. The van der Waals surface area contributed by atoms with Gasteiger partial charge in [0.05, 0.1) is 11.3 Å². The average molecular weight is 428 g/mol. The van der Waals surface area contributed by atoms with Gasteiger partial charge < -0.3 is 5.32 Å². The van der Waals surface area contributed by atoms with Crippen LogP contribution >= 0.6 is 11.3 Å². The highest BCUT2D eigenvalue weighted by Gasteiger charge is 2.29. The molecular formula is C23H16F4N2S. The maximum Gasteiger partial charge on any atom is 0.416 e. The summed E-state index contributed by atoms with van der Waals surface area (Å²) >= 11 is 1.41. The second-order valence-corrected chi connectivity index (χ2v) is 7.88. The molecule has 2 nitrogen and oxygen atoms in total. The highest BCUT2D eigenvalue weighted by atomic mass is 32.1. The summed E-state index contributed by atoms with van der Waals surface area (Å²) in [6.07, 6.45) is -4.36. The predicted molar refractivity (Wildman–Crippen MR) is 112 cm³/mol. The molecular weight excluding hydrogens is 412 g/mol. The molecule has 7 heteroatoms. The first-order valence-corrected chi connectivity index (χ1v) is 9.90. The number of alkyl halides is 3. The van der Waals surface area contributed by atoms with Crippen molar-refractivity contribution in [3.63, 3.8) is 0 Å². The second kappa shape index (κ2) is 7.91. The van der Waals surface area contributed by atoms with E-state index in [1.54, 1.807) is 18.2 Å². The molecule has 0 aliphatic rings. The van der Waals surface area contributed by atoms with Gasteiger partial charge in [0.2, 0.25) is 0 Å². The maximum atomic E-state index is 14.0. The quantitative estimate of drug-likeness (QED) is 0.337. The molecule has 152 valence electrons. The van der Waals surface area contributed by atoms with Crippen LogP contribution in [0, 0.1) is 12.7 Å². The van der Waals surface area contributed by atoms with Gasteiger partial charge in [-0.3, -0.25) is 0 Å². The SMILES string of the molecule is Cc1sc(Nc2ccc(C(F)(F)F)cc2)nc1-c1ccc(-c2ccccc2F)cc1. The molecule has 1 heterocycles. The van der Waals surface area contributed by atoms with Crippen LogP contribution in [-0.4, -0.2) is 4.98 Å². The van der Waals surface area contributed by atoms with Crippen LogP contribution in [0.4, 0.5) is 28.4 Å². The van der Waals surface area contributed by atoms with Crippen molar-refractivity contribution in [3.05, 3.63) is 89.1 Å². The lowest BCUT2D eigenvalue weighted by molar-refractivity contribution is -0.137. The minimum absolute atomic E-state index is 0.280. The number of rotatable bonds is 4. The summed E-state index contributed by atoms with van der Waals surface area (Å²) in [5, 5.41) is 3.63. The topological polar surface area (TPSA) is 24.9 Å². The van der Waals surface area contributed by atoms with Gasteiger partial charge in [0.15, 0.2) is 5.13 Å². The van der Waals surface area contributed by atoms with Crippen molar-refractivity contribution >= 4 is 22.2 Å². The Balaban J connectivity index is 1.55. The number of aryl methyl sites for hydroxylation is 1. The van der Waals surface area contributed by atoms with E-state index in [2.05, 4.69) is 10.3 Å². The van der Waals surface area contributed by atoms with Gasteiger partial charge >= 0.3 is 6.18 Å². The summed E-state index contributed by atoms with van der Waals surface area (Å²) in [6.45, 7) is 1.93. The molecule has 4 aromatic rings. The molecule has 0 unspecified atom stereocenters. The van der Waals surface area contributed by atoms with E-state index in [4.69, 9.17) is 0 Å². The van der Waals surface area contributed by atoms with Crippen molar-refractivity contribution in [2.75, 3.05) is 5.32 Å². The zero-order valence-corrected chi connectivity index (χ0v) is 16.6. The first kappa shape index (κ1) is 20.1. The third kappa shape index (κ3) is 4.21. The summed E-state index contributed by atoms with van der Waals surface area (Å²) in [7, 11) is 0. The first-order valence-electron chi connectivity index (χ1n) is 9.08. The summed E-state index contributed by atoms with van der Waals surface area (Å²) in [6, 6.07) is 18.9. The number of aromatic nitrogens is 1. The van der Waals surface area contributed by atoms with E-state index in [1.165, 1.54) is 29.5 Å². The standard InChI is InChI=1S/C23H16F4N2S/c1-14-21(16-8-6-15(7-9-16)19-4-2-3-5-20(19)24)29-22(30-14)28-18-12-10-17(11-13-18)23(25,26)27/h2-13H,1H3,(H,28,29). The molecule has 30 heavy (non-hydrogen) atoms. The Labute approximate surface area is 174 Å². The zero-order valence-electron chi connectivity index (χ0n) is 15.8. The molecule has 0 bridgehead atoms. The van der Waals surface area contributed by atoms with Crippen molar-refractivity contribution in [2.45, 2.75) is 13.1 Å². The fourth-order valence-corrected chi connectivity index (χ4v) is 3.94. The van der Waals surface area contributed by atoms with E-state index in [-0.39, 0.29) is 5.82 Å². The molecule has 0 saturated carbocycles. The number of halogens is 4. The predicted octanol–water partition coefficient (Wildman–Crippen LogP) is 7.69. The van der Waals surface area contributed by atoms with Crippen LogP contribution in [0.2, 0.25) is 0 Å². The van der Waals surface area contributed by atoms with Gasteiger partial charge in [0.1, 0.15) is 5.82 Å². The lowest BCUT2D eigenvalue weighted by Gasteiger charge is -2.08. The number of thiazole rings is 1. The Morgan fingerprint density at radius 1 is 0.833 bits per heavy atom. The van der Waals surface area contributed by atoms with Gasteiger partial charge in [-0.1, -0.05) is 42.5 Å². The zero-order chi connectivity index (χ0) is 21.3. The molecule has 3 aromatic carbocycles. The third-order valence-corrected chi connectivity index (χ3v) is 5.49. The van der Waals surface area contributed by atoms with E-state index in [9.17, 15) is 17.6 Å². The smallest absolute Gasteiger partial charge is 0.332 e. The minimum Gasteiger partial charge on any atom is -0.332 e. The largest absolute Gasteiger partial charge is 0.416 e. The number of benzene rings is 3. The number of anilines is 2. The van der Waals surface area contributed by atoms with Gasteiger partial charge in [0.25, 0.3) is 0 Å². The van der Waals surface area contributed by atoms with Gasteiger partial charge in [-0.05, 0) is 42.8 Å². The molecule has 0 atom stereocenters. The van der Waals surface area contributed by atoms with Crippen LogP contribution in [-0.2, 0) is 6.18 Å². The van der Waals surface area contributed by atoms with E-state index >= 15 is 0 Å². The summed E-state index contributed by atoms with van der Waals surface area (Å²) in [5.74, 6) is -0.280. The van der Waals surface area contributed by atoms with Crippen molar-refractivity contribution in [1.29, 1.82) is 0 Å². The summed E-state index contributed by atoms with van der Waals surface area (Å²) < 4.78 is 52.1. The maximum absolute atomic E-state index is 14.0. The Bertz CT molecular complexity index is 1160. The number of hydrogen-bond donors (Lipinski definition) is 1. The van der Waals surface area contributed by atoms with Crippen molar-refractivity contribution in [1.82, 2.24) is 4.98 Å². The molecule has 4 rings (SSSR count). The lowest BCUT2D eigenvalue weighted by atomic mass is 10.0. The van der Waals surface area contributed by atoms with E-state index in [1.807, 2.05) is 31.2 Å². The molecule has 0 aliphatic carbocycles. The van der Waals surface area contributed by atoms with E-state index in [0.29, 0.717) is 16.4 Å². The molecule has 0 saturated heterocycles.